The molecule has 0 unspecified atom stereocenters. The van der Waals surface area contributed by atoms with Crippen molar-refractivity contribution in [2.45, 2.75) is 25.7 Å². The Balaban J connectivity index is 1.86. The Morgan fingerprint density at radius 2 is 2.11 bits per heavy atom. The summed E-state index contributed by atoms with van der Waals surface area (Å²) in [5, 5.41) is 3.28. The number of aryl methyl sites for hydroxylation is 1. The van der Waals surface area contributed by atoms with E-state index in [-0.39, 0.29) is 11.4 Å². The van der Waals surface area contributed by atoms with Gasteiger partial charge in [0.1, 0.15) is 11.4 Å². The molecule has 1 fully saturated rings. The first-order valence-electron chi connectivity index (χ1n) is 8.92. The number of nitrogens with two attached hydrogens (primary N) is 1. The van der Waals surface area contributed by atoms with Crippen molar-refractivity contribution in [2.24, 2.45) is 5.73 Å². The van der Waals surface area contributed by atoms with Crippen LogP contribution in [0.5, 0.6) is 0 Å². The molecule has 8 heteroatoms. The van der Waals surface area contributed by atoms with Crippen molar-refractivity contribution >= 4 is 28.1 Å². The van der Waals surface area contributed by atoms with E-state index in [2.05, 4.69) is 15.0 Å². The van der Waals surface area contributed by atoms with E-state index in [0.717, 1.165) is 29.4 Å². The van der Waals surface area contributed by atoms with Crippen molar-refractivity contribution in [3.05, 3.63) is 58.6 Å². The van der Waals surface area contributed by atoms with E-state index in [1.165, 1.54) is 23.5 Å². The van der Waals surface area contributed by atoms with E-state index < -0.39 is 5.91 Å². The maximum atomic E-state index is 13.8. The molecular weight excluding hydrogens is 377 g/mol. The Morgan fingerprint density at radius 3 is 2.79 bits per heavy atom. The lowest BCUT2D eigenvalue weighted by Gasteiger charge is -2.15. The zero-order valence-corrected chi connectivity index (χ0v) is 15.8. The number of halogens is 1. The summed E-state index contributed by atoms with van der Waals surface area (Å²) in [5.74, 6) is 0.329. The molecule has 5 rings (SSSR count). The topological polar surface area (TPSA) is 86.7 Å². The van der Waals surface area contributed by atoms with Crippen LogP contribution < -0.4 is 5.73 Å². The Kier molecular flexibility index (Phi) is 3.77. The third-order valence-corrected chi connectivity index (χ3v) is 5.71. The quantitative estimate of drug-likeness (QED) is 0.568. The van der Waals surface area contributed by atoms with Crippen molar-refractivity contribution in [1.29, 1.82) is 0 Å². The second-order valence-electron chi connectivity index (χ2n) is 6.91. The molecule has 3 heterocycles. The van der Waals surface area contributed by atoms with Crippen molar-refractivity contribution in [1.82, 2.24) is 19.5 Å². The second kappa shape index (κ2) is 6.20. The molecule has 28 heavy (non-hydrogen) atoms. The lowest BCUT2D eigenvalue weighted by Crippen LogP contribution is -2.20. The first-order chi connectivity index (χ1) is 13.5. The van der Waals surface area contributed by atoms with Gasteiger partial charge in [-0.05, 0) is 49.9 Å². The first kappa shape index (κ1) is 17.0. The summed E-state index contributed by atoms with van der Waals surface area (Å²) in [6, 6.07) is 6.59. The number of benzene rings is 1. The zero-order valence-electron chi connectivity index (χ0n) is 15.0. The van der Waals surface area contributed by atoms with Crippen LogP contribution in [0.15, 0.2) is 35.8 Å². The Morgan fingerprint density at radius 1 is 1.29 bits per heavy atom. The SMILES string of the molecule is Cc1nc(-c2nccs2)nc(-n2c(C3CC3)cc3cc(F)ccc32)c1C(N)=O. The normalized spacial score (nSPS) is 13.9. The van der Waals surface area contributed by atoms with Crippen molar-refractivity contribution < 1.29 is 9.18 Å². The van der Waals surface area contributed by atoms with Gasteiger partial charge in [-0.1, -0.05) is 0 Å². The zero-order chi connectivity index (χ0) is 19.4. The summed E-state index contributed by atoms with van der Waals surface area (Å²) < 4.78 is 15.7. The van der Waals surface area contributed by atoms with Crippen LogP contribution in [0, 0.1) is 12.7 Å². The average molecular weight is 393 g/mol. The molecule has 0 aliphatic heterocycles. The Bertz CT molecular complexity index is 1230. The number of primary amides is 1. The van der Waals surface area contributed by atoms with Crippen LogP contribution >= 0.6 is 11.3 Å². The average Bonchev–Trinajstić information content (AvgIpc) is 3.21. The van der Waals surface area contributed by atoms with Crippen LogP contribution in [-0.4, -0.2) is 25.4 Å². The molecule has 0 saturated heterocycles. The van der Waals surface area contributed by atoms with Crippen LogP contribution in [0.4, 0.5) is 4.39 Å². The van der Waals surface area contributed by atoms with E-state index in [0.29, 0.717) is 28.3 Å². The molecule has 0 bridgehead atoms. The van der Waals surface area contributed by atoms with Gasteiger partial charge in [0.05, 0.1) is 11.2 Å². The molecule has 6 nitrogen and oxygen atoms in total. The summed E-state index contributed by atoms with van der Waals surface area (Å²) in [5.41, 5.74) is 8.25. The Labute approximate surface area is 163 Å². The van der Waals surface area contributed by atoms with Gasteiger partial charge in [-0.15, -0.1) is 11.3 Å². The number of hydrogen-bond donors (Lipinski definition) is 1. The molecule has 1 amide bonds. The molecule has 2 N–H and O–H groups in total. The molecule has 0 atom stereocenters. The van der Waals surface area contributed by atoms with Gasteiger partial charge in [0.25, 0.3) is 5.91 Å². The van der Waals surface area contributed by atoms with Crippen LogP contribution in [-0.2, 0) is 0 Å². The van der Waals surface area contributed by atoms with Crippen LogP contribution in [0.1, 0.15) is 40.5 Å². The van der Waals surface area contributed by atoms with Gasteiger partial charge >= 0.3 is 0 Å². The maximum Gasteiger partial charge on any atom is 0.254 e. The smallest absolute Gasteiger partial charge is 0.254 e. The molecule has 0 spiro atoms. The van der Waals surface area contributed by atoms with Crippen LogP contribution in [0.25, 0.3) is 27.6 Å². The summed E-state index contributed by atoms with van der Waals surface area (Å²) in [6.45, 7) is 1.74. The number of thiazole rings is 1. The predicted octanol–water partition coefficient (Wildman–Crippen LogP) is 3.97. The predicted molar refractivity (Wildman–Crippen MR) is 105 cm³/mol. The number of carbonyl (C=O) groups excluding carboxylic acids is 1. The van der Waals surface area contributed by atoms with Crippen LogP contribution in [0.2, 0.25) is 0 Å². The summed E-state index contributed by atoms with van der Waals surface area (Å²) in [6.07, 6.45) is 3.78. The maximum absolute atomic E-state index is 13.8. The third-order valence-electron chi connectivity index (χ3n) is 4.94. The molecule has 1 aliphatic carbocycles. The molecule has 140 valence electrons. The molecular formula is C20H16FN5OS. The third kappa shape index (κ3) is 2.68. The van der Waals surface area contributed by atoms with Crippen molar-refractivity contribution in [3.63, 3.8) is 0 Å². The van der Waals surface area contributed by atoms with Gasteiger partial charge in [0.15, 0.2) is 16.6 Å². The minimum absolute atomic E-state index is 0.268. The second-order valence-corrected chi connectivity index (χ2v) is 7.81. The first-order valence-corrected chi connectivity index (χ1v) is 9.80. The highest BCUT2D eigenvalue weighted by molar-refractivity contribution is 7.13. The van der Waals surface area contributed by atoms with Gasteiger partial charge in [-0.3, -0.25) is 9.36 Å². The van der Waals surface area contributed by atoms with Gasteiger partial charge in [0.2, 0.25) is 0 Å². The number of hydrogen-bond acceptors (Lipinski definition) is 5. The fraction of sp³-hybridized carbons (Fsp3) is 0.200. The highest BCUT2D eigenvalue weighted by atomic mass is 32.1. The van der Waals surface area contributed by atoms with Crippen LogP contribution in [0.3, 0.4) is 0 Å². The standard InChI is InChI=1S/C20H16FN5OS/c1-10-16(17(22)27)19(25-18(24-10)20-23-6-7-28-20)26-14-5-4-13(21)8-12(14)9-15(26)11-2-3-11/h4-9,11H,2-3H2,1H3,(H2,22,27). The van der Waals surface area contributed by atoms with E-state index in [9.17, 15) is 9.18 Å². The van der Waals surface area contributed by atoms with E-state index in [1.807, 2.05) is 16.0 Å². The van der Waals surface area contributed by atoms with Crippen molar-refractivity contribution in [2.75, 3.05) is 0 Å². The van der Waals surface area contributed by atoms with Gasteiger partial charge in [-0.2, -0.15) is 0 Å². The summed E-state index contributed by atoms with van der Waals surface area (Å²) >= 11 is 1.42. The number of carbonyl (C=O) groups is 1. The fourth-order valence-corrected chi connectivity index (χ4v) is 4.13. The number of aromatic nitrogens is 4. The van der Waals surface area contributed by atoms with Gasteiger partial charge in [0, 0.05) is 22.7 Å². The number of nitrogens with zero attached hydrogens (tertiary/aromatic N) is 4. The summed E-state index contributed by atoms with van der Waals surface area (Å²) in [7, 11) is 0. The van der Waals surface area contributed by atoms with E-state index in [1.54, 1.807) is 19.2 Å². The summed E-state index contributed by atoms with van der Waals surface area (Å²) in [4.78, 5) is 25.7. The number of amides is 1. The van der Waals surface area contributed by atoms with E-state index >= 15 is 0 Å². The minimum atomic E-state index is -0.594. The minimum Gasteiger partial charge on any atom is -0.365 e. The monoisotopic (exact) mass is 393 g/mol. The van der Waals surface area contributed by atoms with Gasteiger partial charge in [-0.25, -0.2) is 19.3 Å². The molecule has 4 aromatic rings. The lowest BCUT2D eigenvalue weighted by molar-refractivity contribution is 0.0999. The van der Waals surface area contributed by atoms with E-state index in [4.69, 9.17) is 5.73 Å². The number of rotatable bonds is 4. The highest BCUT2D eigenvalue weighted by Gasteiger charge is 2.31. The fourth-order valence-electron chi connectivity index (χ4n) is 3.56. The molecule has 1 aromatic carbocycles. The lowest BCUT2D eigenvalue weighted by atomic mass is 10.2. The highest BCUT2D eigenvalue weighted by Crippen LogP contribution is 2.44. The molecule has 0 radical (unpaired) electrons. The Hall–Kier alpha value is -3.13. The molecule has 1 aliphatic rings. The molecule has 1 saturated carbocycles. The molecule has 3 aromatic heterocycles. The largest absolute Gasteiger partial charge is 0.365 e. The van der Waals surface area contributed by atoms with Gasteiger partial charge < -0.3 is 5.73 Å². The number of fused-ring (bicyclic) bond motifs is 1. The van der Waals surface area contributed by atoms with Crippen molar-refractivity contribution in [3.8, 4) is 16.6 Å².